The summed E-state index contributed by atoms with van der Waals surface area (Å²) < 4.78 is 5.64. The number of morpholine rings is 1. The van der Waals surface area contributed by atoms with Crippen molar-refractivity contribution in [1.29, 1.82) is 0 Å². The molecule has 0 aliphatic carbocycles. The van der Waals surface area contributed by atoms with Gasteiger partial charge in [-0.15, -0.1) is 6.42 Å². The van der Waals surface area contributed by atoms with Gasteiger partial charge in [0, 0.05) is 13.1 Å². The van der Waals surface area contributed by atoms with Crippen LogP contribution in [-0.2, 0) is 4.74 Å². The molecule has 0 aromatic carbocycles. The minimum absolute atomic E-state index is 0.0181. The van der Waals surface area contributed by atoms with Gasteiger partial charge in [0.25, 0.3) is 0 Å². The molecule has 1 aliphatic rings. The molecular weight excluding hydrogens is 176 g/mol. The number of rotatable bonds is 3. The molecule has 0 bridgehead atoms. The molecule has 0 amide bonds. The van der Waals surface area contributed by atoms with Crippen LogP contribution in [0.15, 0.2) is 12.2 Å². The van der Waals surface area contributed by atoms with Crippen molar-refractivity contribution in [2.24, 2.45) is 0 Å². The Morgan fingerprint density at radius 1 is 1.79 bits per heavy atom. The van der Waals surface area contributed by atoms with Gasteiger partial charge in [0.05, 0.1) is 6.61 Å². The molecule has 1 N–H and O–H groups in total. The number of hydrogen-bond acceptors (Lipinski definition) is 3. The van der Waals surface area contributed by atoms with E-state index in [-0.39, 0.29) is 12.1 Å². The van der Waals surface area contributed by atoms with Gasteiger partial charge < -0.3 is 10.1 Å². The average molecular weight is 194 g/mol. The predicted molar refractivity (Wildman–Crippen MR) is 58.1 cm³/mol. The first-order valence-electron chi connectivity index (χ1n) is 4.81. The zero-order valence-electron chi connectivity index (χ0n) is 8.92. The number of nitrogens with one attached hydrogen (secondary N) is 1. The Hall–Kier alpha value is -0.820. The predicted octanol–water partition coefficient (Wildman–Crippen LogP) is 0.0944. The molecule has 1 rings (SSSR count). The molecule has 0 spiro atoms. The van der Waals surface area contributed by atoms with Crippen molar-refractivity contribution >= 4 is 0 Å². The van der Waals surface area contributed by atoms with Gasteiger partial charge in [0.2, 0.25) is 0 Å². The smallest absolute Gasteiger partial charge is 0.106 e. The number of hydrogen-bond donors (Lipinski definition) is 1. The number of terminal acetylenes is 1. The van der Waals surface area contributed by atoms with Gasteiger partial charge in [0.15, 0.2) is 0 Å². The van der Waals surface area contributed by atoms with Gasteiger partial charge in [-0.3, -0.25) is 4.90 Å². The molecule has 0 radical (unpaired) electrons. The van der Waals surface area contributed by atoms with Gasteiger partial charge in [-0.2, -0.15) is 0 Å². The highest BCUT2D eigenvalue weighted by Crippen LogP contribution is 2.17. The van der Waals surface area contributed by atoms with E-state index in [0.29, 0.717) is 0 Å². The fourth-order valence-electron chi connectivity index (χ4n) is 1.67. The molecule has 2 atom stereocenters. The number of nitrogens with zero attached hydrogens (tertiary/aromatic N) is 1. The van der Waals surface area contributed by atoms with Crippen LogP contribution in [0.1, 0.15) is 0 Å². The zero-order valence-corrected chi connectivity index (χ0v) is 8.92. The van der Waals surface area contributed by atoms with E-state index in [2.05, 4.69) is 22.7 Å². The quantitative estimate of drug-likeness (QED) is 0.509. The molecule has 3 heteroatoms. The Morgan fingerprint density at radius 2 is 2.50 bits per heavy atom. The first kappa shape index (κ1) is 11.3. The summed E-state index contributed by atoms with van der Waals surface area (Å²) >= 11 is 0. The van der Waals surface area contributed by atoms with Crippen LogP contribution >= 0.6 is 0 Å². The molecule has 1 heterocycles. The minimum atomic E-state index is -0.0359. The largest absolute Gasteiger partial charge is 0.370 e. The van der Waals surface area contributed by atoms with E-state index in [1.54, 1.807) is 0 Å². The molecule has 1 aliphatic heterocycles. The van der Waals surface area contributed by atoms with Gasteiger partial charge in [-0.05, 0) is 19.7 Å². The molecule has 0 aromatic heterocycles. The SMILES string of the molecule is C#C[C@H]1[C@@H](C(=C)CNC)OCCN1C. The van der Waals surface area contributed by atoms with Crippen LogP contribution in [0, 0.1) is 12.3 Å². The van der Waals surface area contributed by atoms with Crippen molar-refractivity contribution in [2.45, 2.75) is 12.1 Å². The highest BCUT2D eigenvalue weighted by atomic mass is 16.5. The Bertz CT molecular complexity index is 244. The summed E-state index contributed by atoms with van der Waals surface area (Å²) in [5.41, 5.74) is 1.02. The second kappa shape index (κ2) is 5.16. The summed E-state index contributed by atoms with van der Waals surface area (Å²) in [7, 11) is 3.91. The third-order valence-electron chi connectivity index (χ3n) is 2.48. The maximum atomic E-state index is 5.64. The van der Waals surface area contributed by atoms with Gasteiger partial charge in [-0.25, -0.2) is 0 Å². The van der Waals surface area contributed by atoms with Crippen molar-refractivity contribution in [1.82, 2.24) is 10.2 Å². The van der Waals surface area contributed by atoms with Crippen molar-refractivity contribution in [2.75, 3.05) is 33.8 Å². The first-order valence-corrected chi connectivity index (χ1v) is 4.81. The second-order valence-electron chi connectivity index (χ2n) is 3.57. The monoisotopic (exact) mass is 194 g/mol. The van der Waals surface area contributed by atoms with Crippen LogP contribution in [0.5, 0.6) is 0 Å². The lowest BCUT2D eigenvalue weighted by atomic mass is 10.0. The first-order chi connectivity index (χ1) is 6.70. The lowest BCUT2D eigenvalue weighted by Crippen LogP contribution is -2.50. The van der Waals surface area contributed by atoms with E-state index >= 15 is 0 Å². The normalized spacial score (nSPS) is 28.4. The van der Waals surface area contributed by atoms with E-state index in [4.69, 9.17) is 11.2 Å². The van der Waals surface area contributed by atoms with Crippen molar-refractivity contribution in [3.63, 3.8) is 0 Å². The van der Waals surface area contributed by atoms with Crippen LogP contribution in [0.2, 0.25) is 0 Å². The van der Waals surface area contributed by atoms with E-state index in [1.807, 2.05) is 14.1 Å². The van der Waals surface area contributed by atoms with Crippen LogP contribution in [0.3, 0.4) is 0 Å². The highest BCUT2D eigenvalue weighted by molar-refractivity contribution is 5.18. The summed E-state index contributed by atoms with van der Waals surface area (Å²) in [5, 5.41) is 3.06. The molecule has 1 saturated heterocycles. The average Bonchev–Trinajstić information content (AvgIpc) is 2.17. The van der Waals surface area contributed by atoms with Crippen molar-refractivity contribution in [3.8, 4) is 12.3 Å². The molecule has 1 fully saturated rings. The summed E-state index contributed by atoms with van der Waals surface area (Å²) in [5.74, 6) is 2.76. The van der Waals surface area contributed by atoms with E-state index in [1.165, 1.54) is 0 Å². The van der Waals surface area contributed by atoms with Gasteiger partial charge in [-0.1, -0.05) is 12.5 Å². The molecule has 0 aromatic rings. The standard InChI is InChI=1S/C11H18N2O/c1-5-10-11(9(2)8-12-3)14-7-6-13(10)4/h1,10-12H,2,6-8H2,3-4H3/t10-,11+/m0/s1. The lowest BCUT2D eigenvalue weighted by molar-refractivity contribution is -0.0230. The minimum Gasteiger partial charge on any atom is -0.370 e. The fourth-order valence-corrected chi connectivity index (χ4v) is 1.67. The Labute approximate surface area is 86.1 Å². The number of likely N-dealkylation sites (N-methyl/N-ethyl adjacent to an activating group) is 2. The third-order valence-corrected chi connectivity index (χ3v) is 2.48. The summed E-state index contributed by atoms with van der Waals surface area (Å²) in [4.78, 5) is 2.13. The summed E-state index contributed by atoms with van der Waals surface area (Å²) in [6.07, 6.45) is 5.45. The molecular formula is C11H18N2O. The van der Waals surface area contributed by atoms with Gasteiger partial charge >= 0.3 is 0 Å². The van der Waals surface area contributed by atoms with Crippen LogP contribution in [-0.4, -0.2) is 50.8 Å². The maximum Gasteiger partial charge on any atom is 0.106 e. The molecule has 14 heavy (non-hydrogen) atoms. The summed E-state index contributed by atoms with van der Waals surface area (Å²) in [6, 6.07) is 0.0181. The highest BCUT2D eigenvalue weighted by Gasteiger charge is 2.29. The topological polar surface area (TPSA) is 24.5 Å². The molecule has 3 nitrogen and oxygen atoms in total. The van der Waals surface area contributed by atoms with E-state index in [9.17, 15) is 0 Å². The van der Waals surface area contributed by atoms with E-state index in [0.717, 1.165) is 25.3 Å². The van der Waals surface area contributed by atoms with Crippen molar-refractivity contribution < 1.29 is 4.74 Å². The number of ether oxygens (including phenoxy) is 1. The van der Waals surface area contributed by atoms with E-state index < -0.39 is 0 Å². The summed E-state index contributed by atoms with van der Waals surface area (Å²) in [6.45, 7) is 6.35. The van der Waals surface area contributed by atoms with Crippen molar-refractivity contribution in [3.05, 3.63) is 12.2 Å². The lowest BCUT2D eigenvalue weighted by Gasteiger charge is -2.37. The Kier molecular flexibility index (Phi) is 4.15. The fraction of sp³-hybridized carbons (Fsp3) is 0.636. The van der Waals surface area contributed by atoms with Crippen LogP contribution in [0.25, 0.3) is 0 Å². The van der Waals surface area contributed by atoms with Gasteiger partial charge in [0.1, 0.15) is 12.1 Å². The van der Waals surface area contributed by atoms with Crippen LogP contribution < -0.4 is 5.32 Å². The molecule has 0 saturated carbocycles. The molecule has 0 unspecified atom stereocenters. The van der Waals surface area contributed by atoms with Crippen LogP contribution in [0.4, 0.5) is 0 Å². The second-order valence-corrected chi connectivity index (χ2v) is 3.57. The molecule has 78 valence electrons. The Morgan fingerprint density at radius 3 is 3.07 bits per heavy atom. The third kappa shape index (κ3) is 2.36. The zero-order chi connectivity index (χ0) is 10.6. The Balaban J connectivity index is 2.66. The maximum absolute atomic E-state index is 5.64.